The summed E-state index contributed by atoms with van der Waals surface area (Å²) in [4.78, 5) is 12.9. The molecule has 0 aromatic heterocycles. The molecule has 1 aliphatic rings. The first-order chi connectivity index (χ1) is 7.58. The van der Waals surface area contributed by atoms with E-state index in [1.807, 2.05) is 4.90 Å². The van der Waals surface area contributed by atoms with Crippen molar-refractivity contribution in [2.45, 2.75) is 6.42 Å². The molecule has 1 aliphatic heterocycles. The largest absolute Gasteiger partial charge is 0.371 e. The Morgan fingerprint density at radius 1 is 1.47 bits per heavy atom. The molecule has 0 bridgehead atoms. The molecule has 0 spiro atoms. The maximum absolute atomic E-state index is 13.2. The van der Waals surface area contributed by atoms with Gasteiger partial charge in [0.25, 0.3) is 0 Å². The van der Waals surface area contributed by atoms with Gasteiger partial charge in [-0.25, -0.2) is 4.39 Å². The Morgan fingerprint density at radius 3 is 2.71 bits per heavy atom. The molecule has 1 heterocycles. The molecular formula is C11H12Cl2FNOS. The number of hydrogen-bond donors (Lipinski definition) is 0. The van der Waals surface area contributed by atoms with E-state index in [-0.39, 0.29) is 29.7 Å². The topological polar surface area (TPSA) is 20.3 Å². The first-order valence-corrected chi connectivity index (χ1v) is 5.73. The third-order valence-corrected chi connectivity index (χ3v) is 3.39. The monoisotopic (exact) mass is 295 g/mol. The highest BCUT2D eigenvalue weighted by Gasteiger charge is 2.27. The van der Waals surface area contributed by atoms with Crippen LogP contribution in [0.25, 0.3) is 0 Å². The van der Waals surface area contributed by atoms with Crippen LogP contribution in [0.3, 0.4) is 0 Å². The molecule has 17 heavy (non-hydrogen) atoms. The minimum absolute atomic E-state index is 0. The van der Waals surface area contributed by atoms with E-state index in [4.69, 9.17) is 23.2 Å². The zero-order chi connectivity index (χ0) is 11.7. The van der Waals surface area contributed by atoms with E-state index in [2.05, 4.69) is 0 Å². The van der Waals surface area contributed by atoms with Gasteiger partial charge in [-0.2, -0.15) is 13.5 Å². The number of rotatable bonds is 2. The van der Waals surface area contributed by atoms with E-state index in [1.165, 1.54) is 12.1 Å². The van der Waals surface area contributed by atoms with Gasteiger partial charge in [0, 0.05) is 18.8 Å². The van der Waals surface area contributed by atoms with Gasteiger partial charge >= 0.3 is 0 Å². The normalized spacial score (nSPS) is 19.0. The molecular weight excluding hydrogens is 284 g/mol. The number of carbonyl (C=O) groups is 1. The molecule has 1 atom stereocenters. The number of hydrogen-bond acceptors (Lipinski definition) is 2. The fraction of sp³-hybridized carbons (Fsp3) is 0.364. The zero-order valence-electron chi connectivity index (χ0n) is 8.92. The highest BCUT2D eigenvalue weighted by molar-refractivity contribution is 7.59. The maximum atomic E-state index is 13.2. The van der Waals surface area contributed by atoms with Crippen LogP contribution in [0.1, 0.15) is 6.42 Å². The fourth-order valence-corrected chi connectivity index (χ4v) is 2.16. The van der Waals surface area contributed by atoms with Crippen LogP contribution < -0.4 is 4.90 Å². The maximum Gasteiger partial charge on any atom is 0.226 e. The van der Waals surface area contributed by atoms with Gasteiger partial charge in [-0.05, 0) is 36.2 Å². The number of halogens is 3. The van der Waals surface area contributed by atoms with E-state index in [0.29, 0.717) is 19.5 Å². The van der Waals surface area contributed by atoms with Crippen molar-refractivity contribution >= 4 is 47.6 Å². The molecule has 0 saturated carbocycles. The predicted octanol–water partition coefficient (Wildman–Crippen LogP) is 3.18. The molecule has 1 aromatic rings. The summed E-state index contributed by atoms with van der Waals surface area (Å²) in [5, 5.41) is -0.218. The van der Waals surface area contributed by atoms with Crippen LogP contribution in [0.4, 0.5) is 10.1 Å². The zero-order valence-corrected chi connectivity index (χ0v) is 11.4. The summed E-state index contributed by atoms with van der Waals surface area (Å²) in [5.74, 6) is -0.597. The number of carbonyl (C=O) groups excluding carboxylic acids is 1. The van der Waals surface area contributed by atoms with Crippen molar-refractivity contribution in [2.75, 3.05) is 18.0 Å². The van der Waals surface area contributed by atoms with Crippen molar-refractivity contribution in [2.24, 2.45) is 5.92 Å². The van der Waals surface area contributed by atoms with Gasteiger partial charge in [0.15, 0.2) is 0 Å². The van der Waals surface area contributed by atoms with E-state index < -0.39 is 5.82 Å². The second-order valence-electron chi connectivity index (χ2n) is 3.83. The summed E-state index contributed by atoms with van der Waals surface area (Å²) in [6.45, 7) is 1.26. The Balaban J connectivity index is 0.00000144. The Kier molecular flexibility index (Phi) is 5.10. The van der Waals surface area contributed by atoms with Crippen molar-refractivity contribution < 1.29 is 9.18 Å². The van der Waals surface area contributed by atoms with Gasteiger partial charge in [-0.3, -0.25) is 4.79 Å². The lowest BCUT2D eigenvalue weighted by atomic mass is 10.1. The molecule has 0 unspecified atom stereocenters. The van der Waals surface area contributed by atoms with Crippen molar-refractivity contribution in [1.82, 2.24) is 0 Å². The quantitative estimate of drug-likeness (QED) is 0.781. The van der Waals surface area contributed by atoms with Gasteiger partial charge in [0.2, 0.25) is 5.24 Å². The minimum atomic E-state index is -0.445. The van der Waals surface area contributed by atoms with E-state index in [1.54, 1.807) is 6.07 Å². The molecule has 94 valence electrons. The summed E-state index contributed by atoms with van der Waals surface area (Å²) in [7, 11) is 0. The fourth-order valence-electron chi connectivity index (χ4n) is 1.86. The second-order valence-corrected chi connectivity index (χ2v) is 4.61. The second kappa shape index (κ2) is 5.94. The van der Waals surface area contributed by atoms with Crippen molar-refractivity contribution in [3.8, 4) is 0 Å². The van der Waals surface area contributed by atoms with Gasteiger partial charge in [0.05, 0.1) is 10.9 Å². The smallest absolute Gasteiger partial charge is 0.226 e. The molecule has 1 fully saturated rings. The lowest BCUT2D eigenvalue weighted by Gasteiger charge is -2.18. The SMILES string of the molecule is O=C(Cl)[C@H]1CCN(c2ccc(Cl)c(F)c2)C1.S. The van der Waals surface area contributed by atoms with Gasteiger partial charge < -0.3 is 4.90 Å². The number of nitrogens with zero attached hydrogens (tertiary/aromatic N) is 1. The predicted molar refractivity (Wildman–Crippen MR) is 73.0 cm³/mol. The van der Waals surface area contributed by atoms with Crippen LogP contribution in [0, 0.1) is 11.7 Å². The average Bonchev–Trinajstić information content (AvgIpc) is 2.71. The molecule has 2 rings (SSSR count). The Bertz CT molecular complexity index is 430. The van der Waals surface area contributed by atoms with Crippen LogP contribution >= 0.6 is 36.7 Å². The number of anilines is 1. The molecule has 1 aromatic carbocycles. The molecule has 0 aliphatic carbocycles. The van der Waals surface area contributed by atoms with Gasteiger partial charge in [-0.1, -0.05) is 11.6 Å². The van der Waals surface area contributed by atoms with Crippen LogP contribution in [0.2, 0.25) is 5.02 Å². The first-order valence-electron chi connectivity index (χ1n) is 4.97. The van der Waals surface area contributed by atoms with Crippen molar-refractivity contribution in [1.29, 1.82) is 0 Å². The van der Waals surface area contributed by atoms with Crippen molar-refractivity contribution in [3.05, 3.63) is 29.0 Å². The third kappa shape index (κ3) is 3.27. The van der Waals surface area contributed by atoms with Crippen LogP contribution in [0.5, 0.6) is 0 Å². The first kappa shape index (κ1) is 14.6. The van der Waals surface area contributed by atoms with Gasteiger partial charge in [-0.15, -0.1) is 0 Å². The number of benzene rings is 1. The summed E-state index contributed by atoms with van der Waals surface area (Å²) in [5.41, 5.74) is 0.738. The standard InChI is InChI=1S/C11H10Cl2FNO.H2S/c12-9-2-1-8(5-10(9)14)15-4-3-7(6-15)11(13)16;/h1-2,5,7H,3-4,6H2;1H2/t7-;/m0./s1. The highest BCUT2D eigenvalue weighted by atomic mass is 35.5. The molecule has 0 radical (unpaired) electrons. The van der Waals surface area contributed by atoms with E-state index in [9.17, 15) is 9.18 Å². The highest BCUT2D eigenvalue weighted by Crippen LogP contribution is 2.27. The average molecular weight is 296 g/mol. The Morgan fingerprint density at radius 2 is 2.18 bits per heavy atom. The minimum Gasteiger partial charge on any atom is -0.371 e. The molecule has 0 N–H and O–H groups in total. The molecule has 2 nitrogen and oxygen atoms in total. The summed E-state index contributed by atoms with van der Waals surface area (Å²) >= 11 is 11.0. The van der Waals surface area contributed by atoms with E-state index >= 15 is 0 Å². The summed E-state index contributed by atoms with van der Waals surface area (Å²) < 4.78 is 13.2. The van der Waals surface area contributed by atoms with Crippen LogP contribution in [0.15, 0.2) is 18.2 Å². The van der Waals surface area contributed by atoms with E-state index in [0.717, 1.165) is 5.69 Å². The van der Waals surface area contributed by atoms with Gasteiger partial charge in [0.1, 0.15) is 5.82 Å². The summed E-state index contributed by atoms with van der Waals surface area (Å²) in [6, 6.07) is 4.64. The lowest BCUT2D eigenvalue weighted by Crippen LogP contribution is -2.21. The molecule has 1 saturated heterocycles. The molecule has 0 amide bonds. The third-order valence-electron chi connectivity index (χ3n) is 2.78. The Hall–Kier alpha value is -0.450. The van der Waals surface area contributed by atoms with Crippen molar-refractivity contribution in [3.63, 3.8) is 0 Å². The molecule has 6 heteroatoms. The Labute approximate surface area is 116 Å². The van der Waals surface area contributed by atoms with Crippen LogP contribution in [-0.4, -0.2) is 18.3 Å². The lowest BCUT2D eigenvalue weighted by molar-refractivity contribution is -0.114. The summed E-state index contributed by atoms with van der Waals surface area (Å²) in [6.07, 6.45) is 0.715. The van der Waals surface area contributed by atoms with Crippen LogP contribution in [-0.2, 0) is 4.79 Å².